The zero-order valence-corrected chi connectivity index (χ0v) is 19.5. The first-order valence-electron chi connectivity index (χ1n) is 10.2. The molecule has 1 aliphatic heterocycles. The Morgan fingerprint density at radius 1 is 1.31 bits per heavy atom. The van der Waals surface area contributed by atoms with Gasteiger partial charge in [0.1, 0.15) is 5.75 Å². The summed E-state index contributed by atoms with van der Waals surface area (Å²) in [6.07, 6.45) is 4.15. The van der Waals surface area contributed by atoms with Crippen LogP contribution in [-0.4, -0.2) is 19.2 Å². The highest BCUT2D eigenvalue weighted by atomic mass is 79.9. The molecule has 0 amide bonds. The van der Waals surface area contributed by atoms with Crippen LogP contribution in [0.1, 0.15) is 63.1 Å². The van der Waals surface area contributed by atoms with Crippen molar-refractivity contribution in [3.63, 3.8) is 0 Å². The lowest BCUT2D eigenvalue weighted by Gasteiger charge is -2.47. The molecule has 1 aliphatic rings. The summed E-state index contributed by atoms with van der Waals surface area (Å²) in [6, 6.07) is 14.5. The Morgan fingerprint density at radius 3 is 2.59 bits per heavy atom. The third-order valence-corrected chi connectivity index (χ3v) is 6.29. The van der Waals surface area contributed by atoms with E-state index in [0.717, 1.165) is 40.7 Å². The number of hydrogen-bond acceptors (Lipinski definition) is 3. The predicted octanol–water partition coefficient (Wildman–Crippen LogP) is 7.02. The third-order valence-electron chi connectivity index (χ3n) is 5.76. The molecule has 0 radical (unpaired) electrons. The summed E-state index contributed by atoms with van der Waals surface area (Å²) >= 11 is 3.45. The van der Waals surface area contributed by atoms with Gasteiger partial charge < -0.3 is 9.64 Å². The summed E-state index contributed by atoms with van der Waals surface area (Å²) in [7, 11) is 1.70. The summed E-state index contributed by atoms with van der Waals surface area (Å²) in [5, 5.41) is 9.77. The van der Waals surface area contributed by atoms with Crippen LogP contribution >= 0.6 is 15.9 Å². The van der Waals surface area contributed by atoms with Crippen LogP contribution in [0.2, 0.25) is 0 Å². The number of methoxy groups -OCH3 is 1. The summed E-state index contributed by atoms with van der Waals surface area (Å²) in [4.78, 5) is 2.51. The van der Waals surface area contributed by atoms with Crippen LogP contribution in [0.25, 0.3) is 11.6 Å². The zero-order chi connectivity index (χ0) is 21.2. The largest absolute Gasteiger partial charge is 0.496 e. The maximum absolute atomic E-state index is 9.77. The molecule has 0 spiro atoms. The number of hydrogen-bond donors (Lipinski definition) is 0. The maximum atomic E-state index is 9.77. The van der Waals surface area contributed by atoms with E-state index in [2.05, 4.69) is 66.7 Å². The van der Waals surface area contributed by atoms with Gasteiger partial charge in [0, 0.05) is 33.9 Å². The van der Waals surface area contributed by atoms with Gasteiger partial charge >= 0.3 is 0 Å². The molecule has 0 saturated heterocycles. The second-order valence-electron chi connectivity index (χ2n) is 8.40. The molecule has 1 atom stereocenters. The van der Waals surface area contributed by atoms with Crippen molar-refractivity contribution < 1.29 is 4.74 Å². The van der Waals surface area contributed by atoms with E-state index in [1.54, 1.807) is 7.11 Å². The Hall–Kier alpha value is -2.25. The Morgan fingerprint density at radius 2 is 2.00 bits per heavy atom. The molecule has 3 nitrogen and oxygen atoms in total. The summed E-state index contributed by atoms with van der Waals surface area (Å²) in [6.45, 7) is 10.2. The van der Waals surface area contributed by atoms with E-state index in [1.807, 2.05) is 30.3 Å². The average molecular weight is 453 g/mol. The Kier molecular flexibility index (Phi) is 6.39. The quantitative estimate of drug-likeness (QED) is 0.360. The number of rotatable bonds is 5. The first kappa shape index (κ1) is 21.5. The number of anilines is 1. The first-order chi connectivity index (χ1) is 13.8. The van der Waals surface area contributed by atoms with E-state index in [-0.39, 0.29) is 5.54 Å². The second kappa shape index (κ2) is 8.63. The first-order valence-corrected chi connectivity index (χ1v) is 11.0. The SMILES string of the molecule is CCCN1c2cc(OC)c(/C=C(\C#N)c3ccc(Br)cc3)cc2C(C)CC1(C)C. The maximum Gasteiger partial charge on any atom is 0.128 e. The van der Waals surface area contributed by atoms with Gasteiger partial charge in [-0.1, -0.05) is 41.9 Å². The van der Waals surface area contributed by atoms with Gasteiger partial charge in [-0.25, -0.2) is 0 Å². The van der Waals surface area contributed by atoms with E-state index in [0.29, 0.717) is 11.5 Å². The summed E-state index contributed by atoms with van der Waals surface area (Å²) < 4.78 is 6.75. The molecule has 0 bridgehead atoms. The van der Waals surface area contributed by atoms with Crippen molar-refractivity contribution in [3.8, 4) is 11.8 Å². The van der Waals surface area contributed by atoms with Crippen molar-refractivity contribution in [1.29, 1.82) is 5.26 Å². The highest BCUT2D eigenvalue weighted by Gasteiger charge is 2.36. The van der Waals surface area contributed by atoms with Crippen molar-refractivity contribution in [2.24, 2.45) is 0 Å². The lowest BCUT2D eigenvalue weighted by atomic mass is 9.79. The molecule has 4 heteroatoms. The van der Waals surface area contributed by atoms with Crippen molar-refractivity contribution in [2.45, 2.75) is 52.0 Å². The van der Waals surface area contributed by atoms with Crippen LogP contribution in [0.4, 0.5) is 5.69 Å². The van der Waals surface area contributed by atoms with E-state index in [4.69, 9.17) is 4.74 Å². The number of fused-ring (bicyclic) bond motifs is 1. The van der Waals surface area contributed by atoms with Gasteiger partial charge in [-0.15, -0.1) is 0 Å². The number of benzene rings is 2. The molecule has 0 fully saturated rings. The van der Waals surface area contributed by atoms with Gasteiger partial charge in [0.15, 0.2) is 0 Å². The second-order valence-corrected chi connectivity index (χ2v) is 9.31. The standard InChI is InChI=1S/C25H29BrN2O/c1-6-11-28-23-14-24(29-5)19(13-22(23)17(2)15-25(28,3)4)12-20(16-27)18-7-9-21(26)10-8-18/h7-10,12-14,17H,6,11,15H2,1-5H3/b20-12+. The summed E-state index contributed by atoms with van der Waals surface area (Å²) in [5.74, 6) is 1.25. The number of nitriles is 1. The lowest BCUT2D eigenvalue weighted by molar-refractivity contribution is 0.372. The fourth-order valence-corrected chi connectivity index (χ4v) is 4.69. The van der Waals surface area contributed by atoms with Crippen molar-refractivity contribution in [2.75, 3.05) is 18.6 Å². The minimum absolute atomic E-state index is 0.111. The molecule has 1 unspecified atom stereocenters. The highest BCUT2D eigenvalue weighted by Crippen LogP contribution is 2.46. The molecule has 2 aromatic carbocycles. The molecule has 3 rings (SSSR count). The zero-order valence-electron chi connectivity index (χ0n) is 17.9. The topological polar surface area (TPSA) is 36.3 Å². The number of allylic oxidation sites excluding steroid dienone is 1. The van der Waals surface area contributed by atoms with Gasteiger partial charge in [-0.3, -0.25) is 0 Å². The lowest BCUT2D eigenvalue weighted by Crippen LogP contribution is -2.48. The van der Waals surface area contributed by atoms with E-state index in [9.17, 15) is 5.26 Å². The van der Waals surface area contributed by atoms with Crippen molar-refractivity contribution >= 4 is 33.3 Å². The monoisotopic (exact) mass is 452 g/mol. The molecular formula is C25H29BrN2O. The van der Waals surface area contributed by atoms with Crippen LogP contribution in [0.15, 0.2) is 40.9 Å². The number of halogens is 1. The number of ether oxygens (including phenoxy) is 1. The van der Waals surface area contributed by atoms with Gasteiger partial charge in [0.2, 0.25) is 0 Å². The molecule has 29 heavy (non-hydrogen) atoms. The summed E-state index contributed by atoms with van der Waals surface area (Å²) in [5.41, 5.74) is 5.18. The van der Waals surface area contributed by atoms with Crippen LogP contribution in [-0.2, 0) is 0 Å². The molecule has 0 aliphatic carbocycles. The van der Waals surface area contributed by atoms with Gasteiger partial charge in [-0.05, 0) is 68.0 Å². The fourth-order valence-electron chi connectivity index (χ4n) is 4.43. The van der Waals surface area contributed by atoms with Crippen LogP contribution in [0, 0.1) is 11.3 Å². The van der Waals surface area contributed by atoms with Crippen LogP contribution in [0.3, 0.4) is 0 Å². The smallest absolute Gasteiger partial charge is 0.128 e. The number of nitrogens with zero attached hydrogens (tertiary/aromatic N) is 2. The van der Waals surface area contributed by atoms with Gasteiger partial charge in [-0.2, -0.15) is 5.26 Å². The molecular weight excluding hydrogens is 424 g/mol. The van der Waals surface area contributed by atoms with E-state index < -0.39 is 0 Å². The van der Waals surface area contributed by atoms with Gasteiger partial charge in [0.05, 0.1) is 18.8 Å². The highest BCUT2D eigenvalue weighted by molar-refractivity contribution is 9.10. The average Bonchev–Trinajstić information content (AvgIpc) is 2.69. The van der Waals surface area contributed by atoms with Crippen LogP contribution < -0.4 is 9.64 Å². The Labute approximate surface area is 183 Å². The van der Waals surface area contributed by atoms with Crippen molar-refractivity contribution in [1.82, 2.24) is 0 Å². The molecule has 0 saturated carbocycles. The van der Waals surface area contributed by atoms with E-state index >= 15 is 0 Å². The normalized spacial score (nSPS) is 18.2. The van der Waals surface area contributed by atoms with E-state index in [1.165, 1.54) is 11.3 Å². The minimum Gasteiger partial charge on any atom is -0.496 e. The van der Waals surface area contributed by atoms with Crippen molar-refractivity contribution in [3.05, 3.63) is 57.6 Å². The Balaban J connectivity index is 2.13. The van der Waals surface area contributed by atoms with Gasteiger partial charge in [0.25, 0.3) is 0 Å². The minimum atomic E-state index is 0.111. The third kappa shape index (κ3) is 4.36. The fraction of sp³-hybridized carbons (Fsp3) is 0.400. The Bertz CT molecular complexity index is 954. The molecule has 1 heterocycles. The molecule has 2 aromatic rings. The molecule has 0 aromatic heterocycles. The molecule has 0 N–H and O–H groups in total. The van der Waals surface area contributed by atoms with Crippen LogP contribution in [0.5, 0.6) is 5.75 Å². The predicted molar refractivity (Wildman–Crippen MR) is 125 cm³/mol. The molecule has 152 valence electrons.